The molecule has 1 nitrogen and oxygen atoms in total. The van der Waals surface area contributed by atoms with Gasteiger partial charge in [-0.15, -0.1) is 0 Å². The van der Waals surface area contributed by atoms with Crippen molar-refractivity contribution in [1.29, 1.82) is 0 Å². The molecule has 1 unspecified atom stereocenters. The smallest absolute Gasteiger partial charge is 0.0576 e. The van der Waals surface area contributed by atoms with E-state index in [0.717, 1.165) is 0 Å². The SMILES string of the molecule is CNC(c1ccccc1)c1ccccc1C. The van der Waals surface area contributed by atoms with Gasteiger partial charge >= 0.3 is 0 Å². The van der Waals surface area contributed by atoms with Gasteiger partial charge in [0.1, 0.15) is 0 Å². The minimum atomic E-state index is 0.280. The summed E-state index contributed by atoms with van der Waals surface area (Å²) in [6.07, 6.45) is 0. The van der Waals surface area contributed by atoms with E-state index in [-0.39, 0.29) is 6.04 Å². The van der Waals surface area contributed by atoms with Gasteiger partial charge in [0.05, 0.1) is 6.04 Å². The molecule has 0 radical (unpaired) electrons. The molecule has 2 aromatic carbocycles. The highest BCUT2D eigenvalue weighted by atomic mass is 14.9. The zero-order valence-electron chi connectivity index (χ0n) is 9.77. The summed E-state index contributed by atoms with van der Waals surface area (Å²) in [5, 5.41) is 3.38. The summed E-state index contributed by atoms with van der Waals surface area (Å²) in [5.41, 5.74) is 3.97. The topological polar surface area (TPSA) is 12.0 Å². The van der Waals surface area contributed by atoms with Crippen molar-refractivity contribution in [2.75, 3.05) is 7.05 Å². The molecule has 1 heteroatoms. The molecule has 0 amide bonds. The number of benzene rings is 2. The highest BCUT2D eigenvalue weighted by Crippen LogP contribution is 2.23. The van der Waals surface area contributed by atoms with E-state index >= 15 is 0 Å². The Labute approximate surface area is 97.1 Å². The van der Waals surface area contributed by atoms with Gasteiger partial charge in [-0.3, -0.25) is 0 Å². The van der Waals surface area contributed by atoms with E-state index in [1.54, 1.807) is 0 Å². The molecule has 82 valence electrons. The van der Waals surface area contributed by atoms with Crippen molar-refractivity contribution in [2.24, 2.45) is 0 Å². The van der Waals surface area contributed by atoms with E-state index < -0.39 is 0 Å². The molecule has 2 rings (SSSR count). The third kappa shape index (κ3) is 2.15. The summed E-state index contributed by atoms with van der Waals surface area (Å²) in [4.78, 5) is 0. The van der Waals surface area contributed by atoms with Gasteiger partial charge in [-0.2, -0.15) is 0 Å². The van der Waals surface area contributed by atoms with E-state index in [1.807, 2.05) is 13.1 Å². The fourth-order valence-corrected chi connectivity index (χ4v) is 2.06. The molecule has 2 aromatic rings. The fraction of sp³-hybridized carbons (Fsp3) is 0.200. The van der Waals surface area contributed by atoms with Crippen LogP contribution in [0.4, 0.5) is 0 Å². The highest BCUT2D eigenvalue weighted by Gasteiger charge is 2.12. The van der Waals surface area contributed by atoms with E-state index in [9.17, 15) is 0 Å². The quantitative estimate of drug-likeness (QED) is 0.821. The predicted molar refractivity (Wildman–Crippen MR) is 68.5 cm³/mol. The molecule has 0 aliphatic carbocycles. The molecule has 0 bridgehead atoms. The van der Waals surface area contributed by atoms with Gasteiger partial charge in [-0.05, 0) is 30.7 Å². The van der Waals surface area contributed by atoms with Crippen LogP contribution in [0, 0.1) is 6.92 Å². The number of aryl methyl sites for hydroxylation is 1. The van der Waals surface area contributed by atoms with Gasteiger partial charge in [-0.1, -0.05) is 54.6 Å². The van der Waals surface area contributed by atoms with E-state index in [1.165, 1.54) is 16.7 Å². The highest BCUT2D eigenvalue weighted by molar-refractivity contribution is 5.36. The summed E-state index contributed by atoms with van der Waals surface area (Å²) >= 11 is 0. The number of hydrogen-bond acceptors (Lipinski definition) is 1. The maximum absolute atomic E-state index is 3.38. The third-order valence-electron chi connectivity index (χ3n) is 2.92. The van der Waals surface area contributed by atoms with Crippen LogP contribution in [0.25, 0.3) is 0 Å². The van der Waals surface area contributed by atoms with Crippen molar-refractivity contribution >= 4 is 0 Å². The van der Waals surface area contributed by atoms with Crippen LogP contribution in [-0.4, -0.2) is 7.05 Å². The van der Waals surface area contributed by atoms with Gasteiger partial charge in [0.25, 0.3) is 0 Å². The molecule has 1 atom stereocenters. The molecular formula is C15H17N. The molecule has 0 fully saturated rings. The molecule has 0 aromatic heterocycles. The molecule has 0 aliphatic heterocycles. The lowest BCUT2D eigenvalue weighted by atomic mass is 9.95. The number of rotatable bonds is 3. The van der Waals surface area contributed by atoms with Gasteiger partial charge in [0.2, 0.25) is 0 Å². The molecule has 16 heavy (non-hydrogen) atoms. The van der Waals surface area contributed by atoms with Gasteiger partial charge in [-0.25, -0.2) is 0 Å². The van der Waals surface area contributed by atoms with Crippen LogP contribution in [-0.2, 0) is 0 Å². The van der Waals surface area contributed by atoms with E-state index in [2.05, 4.69) is 60.8 Å². The summed E-state index contributed by atoms with van der Waals surface area (Å²) in [6.45, 7) is 2.16. The first-order valence-corrected chi connectivity index (χ1v) is 5.60. The summed E-state index contributed by atoms with van der Waals surface area (Å²) in [6, 6.07) is 19.3. The second-order valence-electron chi connectivity index (χ2n) is 3.99. The van der Waals surface area contributed by atoms with Gasteiger partial charge in [0.15, 0.2) is 0 Å². The lowest BCUT2D eigenvalue weighted by Gasteiger charge is -2.19. The second-order valence-corrected chi connectivity index (χ2v) is 3.99. The van der Waals surface area contributed by atoms with Crippen LogP contribution in [0.2, 0.25) is 0 Å². The molecule has 0 saturated carbocycles. The Bertz CT molecular complexity index is 448. The minimum absolute atomic E-state index is 0.280. The zero-order valence-corrected chi connectivity index (χ0v) is 9.77. The standard InChI is InChI=1S/C15H17N/c1-12-8-6-7-11-14(12)15(16-2)13-9-4-3-5-10-13/h3-11,15-16H,1-2H3. The Morgan fingerprint density at radius 2 is 1.50 bits per heavy atom. The van der Waals surface area contributed by atoms with Crippen LogP contribution in [0.15, 0.2) is 54.6 Å². The largest absolute Gasteiger partial charge is 0.309 e. The van der Waals surface area contributed by atoms with Crippen LogP contribution in [0.1, 0.15) is 22.7 Å². The Kier molecular flexibility index (Phi) is 3.37. The zero-order chi connectivity index (χ0) is 11.4. The fourth-order valence-electron chi connectivity index (χ4n) is 2.06. The van der Waals surface area contributed by atoms with Crippen molar-refractivity contribution in [1.82, 2.24) is 5.32 Å². The van der Waals surface area contributed by atoms with E-state index in [4.69, 9.17) is 0 Å². The molecule has 0 aliphatic rings. The minimum Gasteiger partial charge on any atom is -0.309 e. The lowest BCUT2D eigenvalue weighted by molar-refractivity contribution is 0.687. The van der Waals surface area contributed by atoms with Gasteiger partial charge in [0, 0.05) is 0 Å². The lowest BCUT2D eigenvalue weighted by Crippen LogP contribution is -2.18. The maximum Gasteiger partial charge on any atom is 0.0576 e. The predicted octanol–water partition coefficient (Wildman–Crippen LogP) is 3.30. The van der Waals surface area contributed by atoms with Crippen molar-refractivity contribution in [2.45, 2.75) is 13.0 Å². The van der Waals surface area contributed by atoms with Crippen molar-refractivity contribution < 1.29 is 0 Å². The van der Waals surface area contributed by atoms with Gasteiger partial charge < -0.3 is 5.32 Å². The van der Waals surface area contributed by atoms with E-state index in [0.29, 0.717) is 0 Å². The van der Waals surface area contributed by atoms with Crippen molar-refractivity contribution in [3.05, 3.63) is 71.3 Å². The molecule has 1 N–H and O–H groups in total. The monoisotopic (exact) mass is 211 g/mol. The Morgan fingerprint density at radius 3 is 2.12 bits per heavy atom. The molecule has 0 saturated heterocycles. The first-order chi connectivity index (χ1) is 7.83. The summed E-state index contributed by atoms with van der Waals surface area (Å²) in [5.74, 6) is 0. The Balaban J connectivity index is 2.41. The maximum atomic E-state index is 3.38. The Hall–Kier alpha value is -1.60. The van der Waals surface area contributed by atoms with Crippen molar-refractivity contribution in [3.63, 3.8) is 0 Å². The molecule has 0 heterocycles. The molecular weight excluding hydrogens is 194 g/mol. The number of nitrogens with one attached hydrogen (secondary N) is 1. The third-order valence-corrected chi connectivity index (χ3v) is 2.92. The number of hydrogen-bond donors (Lipinski definition) is 1. The van der Waals surface area contributed by atoms with Crippen LogP contribution in [0.3, 0.4) is 0 Å². The van der Waals surface area contributed by atoms with Crippen molar-refractivity contribution in [3.8, 4) is 0 Å². The molecule has 0 spiro atoms. The Morgan fingerprint density at radius 1 is 0.875 bits per heavy atom. The van der Waals surface area contributed by atoms with Crippen LogP contribution >= 0.6 is 0 Å². The van der Waals surface area contributed by atoms with Crippen LogP contribution < -0.4 is 5.32 Å². The average molecular weight is 211 g/mol. The summed E-state index contributed by atoms with van der Waals surface area (Å²) < 4.78 is 0. The first kappa shape index (κ1) is 10.9. The normalized spacial score (nSPS) is 12.4. The first-order valence-electron chi connectivity index (χ1n) is 5.60. The van der Waals surface area contributed by atoms with Crippen LogP contribution in [0.5, 0.6) is 0 Å². The average Bonchev–Trinajstić information content (AvgIpc) is 2.34. The second kappa shape index (κ2) is 4.95. The summed E-state index contributed by atoms with van der Waals surface area (Å²) in [7, 11) is 2.00.